The molecule has 0 bridgehead atoms. The summed E-state index contributed by atoms with van der Waals surface area (Å²) in [4.78, 5) is 2.89. The summed E-state index contributed by atoms with van der Waals surface area (Å²) in [6, 6.07) is 5.86. The zero-order valence-corrected chi connectivity index (χ0v) is 6.67. The zero-order chi connectivity index (χ0) is 8.74. The van der Waals surface area contributed by atoms with Gasteiger partial charge in [0.05, 0.1) is 0 Å². The maximum atomic E-state index is 10.2. The molecule has 0 amide bonds. The van der Waals surface area contributed by atoms with Crippen LogP contribution in [-0.2, 0) is 21.3 Å². The summed E-state index contributed by atoms with van der Waals surface area (Å²) in [5.41, 5.74) is 0. The molecule has 0 saturated heterocycles. The molecule has 0 fully saturated rings. The van der Waals surface area contributed by atoms with Crippen molar-refractivity contribution in [2.75, 3.05) is 0 Å². The van der Waals surface area contributed by atoms with E-state index in [1.165, 1.54) is 0 Å². The molecule has 0 aliphatic heterocycles. The molecular formula is C5H6CrFNO3. The van der Waals surface area contributed by atoms with Crippen LogP contribution in [0, 0.1) is 0 Å². The summed E-state index contributed by atoms with van der Waals surface area (Å²) in [7, 11) is 0. The summed E-state index contributed by atoms with van der Waals surface area (Å²) in [6.07, 6.45) is 3.75. The summed E-state index contributed by atoms with van der Waals surface area (Å²) in [5, 5.41) is 0. The summed E-state index contributed by atoms with van der Waals surface area (Å²) >= 11 is -6.00. The average molecular weight is 199 g/mol. The second-order valence-electron chi connectivity index (χ2n) is 1.47. The second-order valence-corrected chi connectivity index (χ2v) is 2.70. The van der Waals surface area contributed by atoms with E-state index in [0.29, 0.717) is 0 Å². The van der Waals surface area contributed by atoms with Crippen LogP contribution in [0.3, 0.4) is 0 Å². The Morgan fingerprint density at radius 2 is 1.55 bits per heavy atom. The normalized spacial score (nSPS) is 9.64. The Morgan fingerprint density at radius 3 is 1.64 bits per heavy atom. The molecule has 0 aromatic carbocycles. The van der Waals surface area contributed by atoms with Crippen molar-refractivity contribution in [1.29, 1.82) is 0 Å². The molecule has 0 atom stereocenters. The van der Waals surface area contributed by atoms with Gasteiger partial charge in [-0.05, 0) is 0 Å². The molecule has 1 N–H and O–H groups in total. The monoisotopic (exact) mass is 199 g/mol. The molecule has 1 heterocycles. The Kier molecular flexibility index (Phi) is 4.54. The van der Waals surface area contributed by atoms with Crippen LogP contribution in [0.5, 0.6) is 0 Å². The van der Waals surface area contributed by atoms with Crippen LogP contribution in [0.15, 0.2) is 30.6 Å². The van der Waals surface area contributed by atoms with Gasteiger partial charge in [0.1, 0.15) is 0 Å². The molecule has 6 heteroatoms. The minimum absolute atomic E-state index is 1.88. The van der Waals surface area contributed by atoms with Crippen molar-refractivity contribution in [3.05, 3.63) is 30.6 Å². The first-order valence-corrected chi connectivity index (χ1v) is 4.61. The van der Waals surface area contributed by atoms with Crippen molar-refractivity contribution in [2.45, 2.75) is 0 Å². The van der Waals surface area contributed by atoms with E-state index in [9.17, 15) is 3.52 Å². The van der Waals surface area contributed by atoms with Crippen LogP contribution in [0.1, 0.15) is 0 Å². The Hall–Kier alpha value is -0.828. The zero-order valence-electron chi connectivity index (χ0n) is 5.40. The average Bonchev–Trinajstić information content (AvgIpc) is 1.88. The Balaban J connectivity index is 0.000000187. The molecule has 1 aromatic rings. The Bertz CT molecular complexity index is 238. The maximum Gasteiger partial charge on any atom is 0.166 e. The largest absolute Gasteiger partial charge is 0.218 e. The molecule has 0 aliphatic carbocycles. The van der Waals surface area contributed by atoms with Gasteiger partial charge in [-0.3, -0.25) is 0 Å². The minimum atomic E-state index is -6.00. The maximum absolute atomic E-state index is 10.2. The Morgan fingerprint density at radius 1 is 1.18 bits per heavy atom. The van der Waals surface area contributed by atoms with E-state index in [2.05, 4.69) is 4.98 Å². The quantitative estimate of drug-likeness (QED) is 0.565. The predicted octanol–water partition coefficient (Wildman–Crippen LogP) is -0.508. The van der Waals surface area contributed by atoms with Crippen molar-refractivity contribution in [3.8, 4) is 0 Å². The molecule has 0 saturated carbocycles. The van der Waals surface area contributed by atoms with Gasteiger partial charge in [0.25, 0.3) is 0 Å². The molecular weight excluding hydrogens is 193 g/mol. The Labute approximate surface area is 65.2 Å². The molecule has 62 valence electrons. The van der Waals surface area contributed by atoms with E-state index < -0.39 is 13.7 Å². The van der Waals surface area contributed by atoms with Gasteiger partial charge in [0, 0.05) is 12.1 Å². The summed E-state index contributed by atoms with van der Waals surface area (Å²) in [6.45, 7) is 0. The van der Waals surface area contributed by atoms with Crippen molar-refractivity contribution < 1.29 is 34.0 Å². The second kappa shape index (κ2) is 4.91. The molecule has 0 aliphatic rings. The van der Waals surface area contributed by atoms with Gasteiger partial charge in [-0.2, -0.15) is 0 Å². The standard InChI is InChI=1S/C5H5N.Cr.FH.3O/c1-2-4-6-5-3-1;;;;;/h1-5H;;1H;;;/q;+1;;;;-1. The SMILES string of the molecule is [O]=[Cr](=[O])([O-])[F].c1cc[nH+]cc1. The fraction of sp³-hybridized carbons (Fsp3) is 0. The molecule has 1 rings (SSSR count). The number of pyridine rings is 1. The van der Waals surface area contributed by atoms with Crippen LogP contribution < -0.4 is 9.14 Å². The summed E-state index contributed by atoms with van der Waals surface area (Å²) < 4.78 is 35.6. The number of rotatable bonds is 0. The van der Waals surface area contributed by atoms with E-state index in [4.69, 9.17) is 11.8 Å². The summed E-state index contributed by atoms with van der Waals surface area (Å²) in [5.74, 6) is 0. The molecule has 1 aromatic heterocycles. The van der Waals surface area contributed by atoms with Gasteiger partial charge in [-0.25, -0.2) is 4.98 Å². The number of H-pyrrole nitrogens is 1. The van der Waals surface area contributed by atoms with Crippen LogP contribution in [0.25, 0.3) is 0 Å². The third-order valence-corrected chi connectivity index (χ3v) is 0.607. The van der Waals surface area contributed by atoms with Gasteiger partial charge < -0.3 is 0 Å². The number of halogens is 1. The van der Waals surface area contributed by atoms with Crippen LogP contribution >= 0.6 is 0 Å². The number of aromatic nitrogens is 1. The predicted molar refractivity (Wildman–Crippen MR) is 25.5 cm³/mol. The first kappa shape index (κ1) is 10.2. The number of hydrogen-bond donors (Lipinski definition) is 0. The van der Waals surface area contributed by atoms with Crippen LogP contribution in [0.4, 0.5) is 3.52 Å². The molecule has 4 nitrogen and oxygen atoms in total. The number of aromatic amines is 1. The number of nitrogens with one attached hydrogen (secondary N) is 1. The fourth-order valence-electron chi connectivity index (χ4n) is 0.342. The van der Waals surface area contributed by atoms with Crippen LogP contribution in [-0.4, -0.2) is 0 Å². The molecule has 0 spiro atoms. The van der Waals surface area contributed by atoms with Crippen molar-refractivity contribution in [2.24, 2.45) is 0 Å². The van der Waals surface area contributed by atoms with Gasteiger partial charge in [0.2, 0.25) is 0 Å². The minimum Gasteiger partial charge on any atom is -0.218 e. The molecule has 0 radical (unpaired) electrons. The van der Waals surface area contributed by atoms with Gasteiger partial charge >= 0.3 is 29.0 Å². The topological polar surface area (TPSA) is 71.3 Å². The smallest absolute Gasteiger partial charge is 0.166 e. The van der Waals surface area contributed by atoms with Crippen molar-refractivity contribution >= 4 is 0 Å². The molecule has 0 unspecified atom stereocenters. The molecule has 11 heavy (non-hydrogen) atoms. The van der Waals surface area contributed by atoms with Crippen LogP contribution in [0.2, 0.25) is 0 Å². The first-order valence-electron chi connectivity index (χ1n) is 2.56. The van der Waals surface area contributed by atoms with E-state index in [0.717, 1.165) is 0 Å². The van der Waals surface area contributed by atoms with E-state index >= 15 is 0 Å². The van der Waals surface area contributed by atoms with Gasteiger partial charge in [0.15, 0.2) is 12.4 Å². The first-order chi connectivity index (χ1) is 5.00. The van der Waals surface area contributed by atoms with Crippen molar-refractivity contribution in [1.82, 2.24) is 0 Å². The number of hydrogen-bond acceptors (Lipinski definition) is 3. The van der Waals surface area contributed by atoms with Gasteiger partial charge in [-0.1, -0.05) is 6.07 Å². The third kappa shape index (κ3) is 17.6. The third-order valence-electron chi connectivity index (χ3n) is 0.607. The van der Waals surface area contributed by atoms with Gasteiger partial charge in [-0.15, -0.1) is 0 Å². The van der Waals surface area contributed by atoms with E-state index in [1.807, 2.05) is 30.6 Å². The van der Waals surface area contributed by atoms with E-state index in [-0.39, 0.29) is 0 Å². The fourth-order valence-corrected chi connectivity index (χ4v) is 0.342. The van der Waals surface area contributed by atoms with Crippen molar-refractivity contribution in [3.63, 3.8) is 0 Å². The van der Waals surface area contributed by atoms with E-state index in [1.54, 1.807) is 0 Å².